The van der Waals surface area contributed by atoms with Crippen molar-refractivity contribution < 1.29 is 0 Å². The number of hydrogen-bond acceptors (Lipinski definition) is 2. The topological polar surface area (TPSA) is 6.48 Å². The molecule has 0 heterocycles. The van der Waals surface area contributed by atoms with Gasteiger partial charge in [0.15, 0.2) is 0 Å². The van der Waals surface area contributed by atoms with Crippen LogP contribution < -0.4 is 9.80 Å². The molecule has 0 bridgehead atoms. The zero-order chi connectivity index (χ0) is 56.8. The first-order valence-corrected chi connectivity index (χ1v) is 30.7. The number of rotatable bonds is 11. The van der Waals surface area contributed by atoms with Crippen molar-refractivity contribution in [1.82, 2.24) is 0 Å². The fraction of sp³-hybridized carbons (Fsp3) is 0.0952. The second-order valence-corrected chi connectivity index (χ2v) is 24.2. The number of fused-ring (bicyclic) bond motifs is 6. The minimum absolute atomic E-state index is 0.224. The summed E-state index contributed by atoms with van der Waals surface area (Å²) in [5.41, 5.74) is 27.5. The molecule has 1 saturated carbocycles. The molecule has 4 aliphatic carbocycles. The van der Waals surface area contributed by atoms with Gasteiger partial charge >= 0.3 is 0 Å². The molecule has 1 spiro atoms. The molecule has 2 nitrogen and oxygen atoms in total. The van der Waals surface area contributed by atoms with Crippen LogP contribution in [-0.4, -0.2) is 0 Å². The van der Waals surface area contributed by atoms with Crippen molar-refractivity contribution in [2.75, 3.05) is 9.80 Å². The molecule has 3 atom stereocenters. The van der Waals surface area contributed by atoms with Crippen LogP contribution in [0.1, 0.15) is 57.3 Å². The predicted molar refractivity (Wildman–Crippen MR) is 358 cm³/mol. The minimum Gasteiger partial charge on any atom is -0.310 e. The lowest BCUT2D eigenvalue weighted by atomic mass is 9.67. The molecule has 0 N–H and O–H groups in total. The Morgan fingerprint density at radius 1 is 0.302 bits per heavy atom. The first-order chi connectivity index (χ1) is 42.7. The average Bonchev–Trinajstić information content (AvgIpc) is 1.54. The maximum Gasteiger partial charge on any atom is 0.0714 e. The Hall–Kier alpha value is -10.3. The molecule has 0 radical (unpaired) electrons. The quantitative estimate of drug-likeness (QED) is 0.127. The maximum atomic E-state index is 2.63. The zero-order valence-corrected chi connectivity index (χ0v) is 47.9. The molecule has 2 heteroatoms. The SMILES string of the molecule is c1ccc(-c2ccc(-c3c(-c4ccc(N(c5ccccc5)c5cccc6c5C57c8c(cccc8N(c8ccccc8)c8ccc9c(c8)C(c8ccccc8)(c8ccccc8)c8ccccc8-9)CC5CCC7C6)cc4)ccc4ccccc34)cc2)cc1. The number of para-hydroxylation sites is 2. The molecule has 17 rings (SSSR count). The van der Waals surface area contributed by atoms with Crippen LogP contribution in [0.2, 0.25) is 0 Å². The van der Waals surface area contributed by atoms with Gasteiger partial charge in [-0.3, -0.25) is 0 Å². The summed E-state index contributed by atoms with van der Waals surface area (Å²) in [4.78, 5) is 5.21. The second kappa shape index (κ2) is 20.2. The normalized spacial score (nSPS) is 17.3. The maximum absolute atomic E-state index is 2.63. The summed E-state index contributed by atoms with van der Waals surface area (Å²) in [5.74, 6) is 0.908. The van der Waals surface area contributed by atoms with Gasteiger partial charge in [-0.2, -0.15) is 0 Å². The van der Waals surface area contributed by atoms with Gasteiger partial charge in [0.1, 0.15) is 0 Å². The van der Waals surface area contributed by atoms with Crippen LogP contribution in [0.4, 0.5) is 34.1 Å². The molecule has 0 aromatic heterocycles. The van der Waals surface area contributed by atoms with Crippen molar-refractivity contribution in [3.05, 3.63) is 360 Å². The zero-order valence-electron chi connectivity index (χ0n) is 47.9. The second-order valence-electron chi connectivity index (χ2n) is 24.2. The molecule has 1 fully saturated rings. The molecular weight excluding hydrogens is 1040 g/mol. The molecule has 408 valence electrons. The van der Waals surface area contributed by atoms with Gasteiger partial charge in [0.25, 0.3) is 0 Å². The lowest BCUT2D eigenvalue weighted by Crippen LogP contribution is -2.34. The summed E-state index contributed by atoms with van der Waals surface area (Å²) in [5, 5.41) is 2.49. The summed E-state index contributed by atoms with van der Waals surface area (Å²) in [6.07, 6.45) is 4.53. The van der Waals surface area contributed by atoms with Crippen molar-refractivity contribution in [3.63, 3.8) is 0 Å². The van der Waals surface area contributed by atoms with Gasteiger partial charge in [-0.05, 0) is 198 Å². The highest BCUT2D eigenvalue weighted by molar-refractivity contribution is 6.04. The lowest BCUT2D eigenvalue weighted by Gasteiger charge is -2.40. The summed E-state index contributed by atoms with van der Waals surface area (Å²) in [7, 11) is 0. The molecule has 86 heavy (non-hydrogen) atoms. The van der Waals surface area contributed by atoms with E-state index in [2.05, 4.69) is 325 Å². The van der Waals surface area contributed by atoms with Crippen LogP contribution in [0.3, 0.4) is 0 Å². The molecule has 13 aromatic carbocycles. The molecule has 0 amide bonds. The largest absolute Gasteiger partial charge is 0.310 e. The van der Waals surface area contributed by atoms with Crippen molar-refractivity contribution in [2.24, 2.45) is 11.8 Å². The van der Waals surface area contributed by atoms with Gasteiger partial charge in [0.05, 0.1) is 16.8 Å². The van der Waals surface area contributed by atoms with Crippen molar-refractivity contribution in [1.29, 1.82) is 0 Å². The van der Waals surface area contributed by atoms with Gasteiger partial charge in [-0.15, -0.1) is 0 Å². The highest BCUT2D eigenvalue weighted by atomic mass is 15.2. The van der Waals surface area contributed by atoms with Crippen LogP contribution in [0.25, 0.3) is 55.3 Å². The van der Waals surface area contributed by atoms with E-state index in [4.69, 9.17) is 0 Å². The summed E-state index contributed by atoms with van der Waals surface area (Å²) in [6.45, 7) is 0. The fourth-order valence-electron chi connectivity index (χ4n) is 16.7. The van der Waals surface area contributed by atoms with Gasteiger partial charge < -0.3 is 9.80 Å². The standard InChI is InChI=1S/C84H62N2/c1-6-22-57(23-7-1)58-40-42-61(43-41-58)80-72-35-17-16-24-59(72)46-52-73(80)60-44-49-70(50-45-60)85(68-31-12-4-13-32-68)78-38-20-25-62-54-66-47-48-67-55-63-26-21-39-79(82(63)84(66,67)81(62)78)86(69-33-14-5-15-34-69)71-51-53-75-74-36-18-19-37-76(74)83(77(75)56-71,64-27-8-2-9-28-64)65-29-10-3-11-30-65/h1-46,49-53,56,66-67H,47-48,54-55H2. The Morgan fingerprint density at radius 3 is 1.37 bits per heavy atom. The average molecular weight is 1100 g/mol. The highest BCUT2D eigenvalue weighted by Crippen LogP contribution is 2.69. The van der Waals surface area contributed by atoms with Crippen molar-refractivity contribution in [2.45, 2.75) is 36.5 Å². The Kier molecular flexibility index (Phi) is 11.8. The van der Waals surface area contributed by atoms with Crippen LogP contribution in [0, 0.1) is 11.8 Å². The van der Waals surface area contributed by atoms with Crippen LogP contribution >= 0.6 is 0 Å². The third-order valence-corrected chi connectivity index (χ3v) is 20.0. The van der Waals surface area contributed by atoms with Crippen LogP contribution in [0.5, 0.6) is 0 Å². The molecule has 0 saturated heterocycles. The van der Waals surface area contributed by atoms with E-state index in [0.717, 1.165) is 35.6 Å². The lowest BCUT2D eigenvalue weighted by molar-refractivity contribution is 0.350. The monoisotopic (exact) mass is 1100 g/mol. The van der Waals surface area contributed by atoms with E-state index in [9.17, 15) is 0 Å². The van der Waals surface area contributed by atoms with Gasteiger partial charge in [0.2, 0.25) is 0 Å². The third kappa shape index (κ3) is 7.58. The summed E-state index contributed by atoms with van der Waals surface area (Å²) in [6, 6.07) is 119. The minimum atomic E-state index is -0.531. The molecular formula is C84H62N2. The Bertz CT molecular complexity index is 4640. The van der Waals surface area contributed by atoms with E-state index in [1.807, 2.05) is 0 Å². The molecule has 3 unspecified atom stereocenters. The number of anilines is 6. The number of nitrogens with zero attached hydrogens (tertiary/aromatic N) is 2. The van der Waals surface area contributed by atoms with E-state index in [1.165, 1.54) is 124 Å². The molecule has 13 aromatic rings. The smallest absolute Gasteiger partial charge is 0.0714 e. The Labute approximate surface area is 504 Å². The highest BCUT2D eigenvalue weighted by Gasteiger charge is 2.62. The first kappa shape index (κ1) is 50.3. The van der Waals surface area contributed by atoms with E-state index < -0.39 is 5.41 Å². The van der Waals surface area contributed by atoms with Crippen LogP contribution in [-0.2, 0) is 23.7 Å². The van der Waals surface area contributed by atoms with Crippen molar-refractivity contribution >= 4 is 44.9 Å². The summed E-state index contributed by atoms with van der Waals surface area (Å²) < 4.78 is 0. The van der Waals surface area contributed by atoms with Gasteiger partial charge in [0, 0.05) is 28.2 Å². The van der Waals surface area contributed by atoms with E-state index in [-0.39, 0.29) is 5.41 Å². The van der Waals surface area contributed by atoms with Crippen LogP contribution in [0.15, 0.2) is 315 Å². The Morgan fingerprint density at radius 2 is 0.756 bits per heavy atom. The molecule has 4 aliphatic rings. The Balaban J connectivity index is 0.830. The predicted octanol–water partition coefficient (Wildman–Crippen LogP) is 21.6. The third-order valence-electron chi connectivity index (χ3n) is 20.0. The number of hydrogen-bond donors (Lipinski definition) is 0. The first-order valence-electron chi connectivity index (χ1n) is 30.7. The van der Waals surface area contributed by atoms with Gasteiger partial charge in [-0.25, -0.2) is 0 Å². The fourth-order valence-corrected chi connectivity index (χ4v) is 16.7. The van der Waals surface area contributed by atoms with Crippen molar-refractivity contribution in [3.8, 4) is 44.5 Å². The van der Waals surface area contributed by atoms with E-state index in [0.29, 0.717) is 11.8 Å². The number of benzene rings is 13. The summed E-state index contributed by atoms with van der Waals surface area (Å²) >= 11 is 0. The van der Waals surface area contributed by atoms with E-state index in [1.54, 1.807) is 0 Å². The van der Waals surface area contributed by atoms with Gasteiger partial charge in [-0.1, -0.05) is 255 Å². The van der Waals surface area contributed by atoms with E-state index >= 15 is 0 Å². The molecule has 0 aliphatic heterocycles.